The predicted molar refractivity (Wildman–Crippen MR) is 143 cm³/mol. The standard InChI is InChI=1S/C29H29N3O4S/c1-18(2)30-28(33)24-15-22-13-12-21-16-25(37(35,36)23-10-5-4-6-11-23)29(34)31-26(21)27(22)32(24)17-20-9-7-8-19(3)14-20/h4-11,14-16,18H,12-13,17H2,1-3H3,(H,30,33)(H,31,34). The van der Waals surface area contributed by atoms with Crippen LogP contribution in [-0.4, -0.2) is 29.9 Å². The Kier molecular flexibility index (Phi) is 6.37. The minimum absolute atomic E-state index is 0.0373. The molecule has 1 aliphatic rings. The maximum Gasteiger partial charge on any atom is 0.268 e. The van der Waals surface area contributed by atoms with Gasteiger partial charge in [-0.1, -0.05) is 48.0 Å². The lowest BCUT2D eigenvalue weighted by atomic mass is 9.94. The molecule has 0 aliphatic heterocycles. The lowest BCUT2D eigenvalue weighted by Gasteiger charge is -2.21. The predicted octanol–water partition coefficient (Wildman–Crippen LogP) is 4.27. The topological polar surface area (TPSA) is 101 Å². The summed E-state index contributed by atoms with van der Waals surface area (Å²) in [5.41, 5.74) is 4.96. The molecule has 0 saturated heterocycles. The summed E-state index contributed by atoms with van der Waals surface area (Å²) in [6.07, 6.45) is 1.18. The van der Waals surface area contributed by atoms with Crippen LogP contribution in [0.5, 0.6) is 0 Å². The van der Waals surface area contributed by atoms with Crippen molar-refractivity contribution in [3.05, 3.63) is 105 Å². The van der Waals surface area contributed by atoms with Gasteiger partial charge < -0.3 is 14.9 Å². The molecule has 0 radical (unpaired) electrons. The Labute approximate surface area is 216 Å². The van der Waals surface area contributed by atoms with Crippen molar-refractivity contribution in [2.45, 2.75) is 56.0 Å². The molecule has 0 spiro atoms. The average molecular weight is 516 g/mol. The van der Waals surface area contributed by atoms with Crippen molar-refractivity contribution < 1.29 is 13.2 Å². The van der Waals surface area contributed by atoms with Crippen LogP contribution in [0.25, 0.3) is 11.4 Å². The van der Waals surface area contributed by atoms with E-state index in [2.05, 4.69) is 16.4 Å². The number of hydrogen-bond donors (Lipinski definition) is 2. The minimum atomic E-state index is -3.98. The summed E-state index contributed by atoms with van der Waals surface area (Å²) in [6.45, 7) is 6.27. The number of nitrogens with zero attached hydrogens (tertiary/aromatic N) is 1. The number of hydrogen-bond acceptors (Lipinski definition) is 4. The molecule has 0 fully saturated rings. The zero-order valence-corrected chi connectivity index (χ0v) is 21.9. The lowest BCUT2D eigenvalue weighted by molar-refractivity contribution is 0.0934. The first kappa shape index (κ1) is 24.8. The van der Waals surface area contributed by atoms with Crippen molar-refractivity contribution in [2.75, 3.05) is 0 Å². The van der Waals surface area contributed by atoms with Gasteiger partial charge in [0.25, 0.3) is 11.5 Å². The van der Waals surface area contributed by atoms with Crippen LogP contribution in [0, 0.1) is 6.92 Å². The number of nitrogens with one attached hydrogen (secondary N) is 2. The molecule has 0 atom stereocenters. The number of carbonyl (C=O) groups is 1. The fourth-order valence-corrected chi connectivity index (χ4v) is 6.29. The lowest BCUT2D eigenvalue weighted by Crippen LogP contribution is -2.32. The number of aromatic amines is 1. The number of pyridine rings is 1. The van der Waals surface area contributed by atoms with Crippen molar-refractivity contribution in [2.24, 2.45) is 0 Å². The SMILES string of the molecule is Cc1cccc(Cn2c(C(=O)NC(C)C)cc3c2-c2[nH]c(=O)c(S(=O)(=O)c4ccccc4)cc2CC3)c1. The van der Waals surface area contributed by atoms with E-state index in [9.17, 15) is 18.0 Å². The van der Waals surface area contributed by atoms with Gasteiger partial charge >= 0.3 is 0 Å². The molecule has 1 amide bonds. The molecule has 0 bridgehead atoms. The van der Waals surface area contributed by atoms with Gasteiger partial charge in [0.15, 0.2) is 0 Å². The van der Waals surface area contributed by atoms with Crippen molar-refractivity contribution in [1.82, 2.24) is 14.9 Å². The molecule has 1 aliphatic carbocycles. The van der Waals surface area contributed by atoms with Crippen LogP contribution >= 0.6 is 0 Å². The summed E-state index contributed by atoms with van der Waals surface area (Å²) < 4.78 is 28.4. The number of H-pyrrole nitrogens is 1. The molecule has 2 aromatic heterocycles. The highest BCUT2D eigenvalue weighted by atomic mass is 32.2. The number of aryl methyl sites for hydroxylation is 3. The molecule has 2 N–H and O–H groups in total. The molecule has 0 unspecified atom stereocenters. The van der Waals surface area contributed by atoms with Crippen molar-refractivity contribution in [1.29, 1.82) is 0 Å². The van der Waals surface area contributed by atoms with Crippen LogP contribution < -0.4 is 10.9 Å². The Hall–Kier alpha value is -3.91. The highest BCUT2D eigenvalue weighted by Crippen LogP contribution is 2.36. The van der Waals surface area contributed by atoms with Crippen LogP contribution in [0.1, 0.15) is 46.6 Å². The van der Waals surface area contributed by atoms with E-state index in [0.717, 1.165) is 27.9 Å². The summed E-state index contributed by atoms with van der Waals surface area (Å²) in [5.74, 6) is -0.191. The molecule has 2 heterocycles. The Morgan fingerprint density at radius 1 is 1.00 bits per heavy atom. The van der Waals surface area contributed by atoms with Crippen LogP contribution in [0.4, 0.5) is 0 Å². The summed E-state index contributed by atoms with van der Waals surface area (Å²) in [5, 5.41) is 2.98. The normalized spacial score (nSPS) is 12.8. The first-order valence-corrected chi connectivity index (χ1v) is 13.8. The van der Waals surface area contributed by atoms with Gasteiger partial charge in [0.2, 0.25) is 9.84 Å². The molecular formula is C29H29N3O4S. The largest absolute Gasteiger partial charge is 0.349 e. The zero-order chi connectivity index (χ0) is 26.3. The first-order valence-electron chi connectivity index (χ1n) is 12.3. The molecule has 0 saturated carbocycles. The summed E-state index contributed by atoms with van der Waals surface area (Å²) in [4.78, 5) is 29.1. The fourth-order valence-electron chi connectivity index (χ4n) is 4.93. The second-order valence-electron chi connectivity index (χ2n) is 9.79. The third kappa shape index (κ3) is 4.64. The van der Waals surface area contributed by atoms with Crippen LogP contribution in [-0.2, 0) is 29.2 Å². The van der Waals surface area contributed by atoms with Crippen LogP contribution in [0.15, 0.2) is 81.3 Å². The Morgan fingerprint density at radius 2 is 1.73 bits per heavy atom. The van der Waals surface area contributed by atoms with E-state index >= 15 is 0 Å². The van der Waals surface area contributed by atoms with E-state index in [1.165, 1.54) is 18.2 Å². The van der Waals surface area contributed by atoms with E-state index in [1.807, 2.05) is 49.6 Å². The maximum absolute atomic E-state index is 13.2. The van der Waals surface area contributed by atoms with Crippen LogP contribution in [0.3, 0.4) is 0 Å². The van der Waals surface area contributed by atoms with Crippen LogP contribution in [0.2, 0.25) is 0 Å². The number of sulfone groups is 1. The number of aromatic nitrogens is 2. The van der Waals surface area contributed by atoms with E-state index in [1.54, 1.807) is 18.2 Å². The molecule has 5 rings (SSSR count). The third-order valence-corrected chi connectivity index (χ3v) is 8.36. The quantitative estimate of drug-likeness (QED) is 0.400. The van der Waals surface area contributed by atoms with Crippen molar-refractivity contribution in [3.63, 3.8) is 0 Å². The second kappa shape index (κ2) is 9.52. The van der Waals surface area contributed by atoms with Crippen molar-refractivity contribution in [3.8, 4) is 11.4 Å². The van der Waals surface area contributed by atoms with Gasteiger partial charge in [-0.05, 0) is 74.6 Å². The highest BCUT2D eigenvalue weighted by molar-refractivity contribution is 7.91. The van der Waals surface area contributed by atoms with Gasteiger partial charge in [0.05, 0.1) is 16.3 Å². The van der Waals surface area contributed by atoms with E-state index in [4.69, 9.17) is 0 Å². The van der Waals surface area contributed by atoms with E-state index in [0.29, 0.717) is 30.8 Å². The summed E-state index contributed by atoms with van der Waals surface area (Å²) >= 11 is 0. The van der Waals surface area contributed by atoms with Crippen molar-refractivity contribution >= 4 is 15.7 Å². The minimum Gasteiger partial charge on any atom is -0.349 e. The number of carbonyl (C=O) groups excluding carboxylic acids is 1. The second-order valence-corrected chi connectivity index (χ2v) is 11.7. The molecule has 37 heavy (non-hydrogen) atoms. The summed E-state index contributed by atoms with van der Waals surface area (Å²) in [6, 6.07) is 19.4. The molecule has 4 aromatic rings. The fraction of sp³-hybridized carbons (Fsp3) is 0.241. The Bertz CT molecular complexity index is 1670. The number of benzene rings is 2. The zero-order valence-electron chi connectivity index (χ0n) is 21.0. The van der Waals surface area contributed by atoms with Gasteiger partial charge in [-0.25, -0.2) is 8.42 Å². The monoisotopic (exact) mass is 515 g/mol. The number of rotatable bonds is 6. The number of fused-ring (bicyclic) bond motifs is 3. The average Bonchev–Trinajstić information content (AvgIpc) is 3.22. The van der Waals surface area contributed by atoms with Gasteiger partial charge in [-0.15, -0.1) is 0 Å². The van der Waals surface area contributed by atoms with Gasteiger partial charge in [0.1, 0.15) is 10.6 Å². The Morgan fingerprint density at radius 3 is 2.43 bits per heavy atom. The van der Waals surface area contributed by atoms with Gasteiger partial charge in [0, 0.05) is 12.6 Å². The van der Waals surface area contributed by atoms with Gasteiger partial charge in [-0.3, -0.25) is 9.59 Å². The highest BCUT2D eigenvalue weighted by Gasteiger charge is 2.30. The molecule has 7 nitrogen and oxygen atoms in total. The molecule has 2 aromatic carbocycles. The molecule has 190 valence electrons. The van der Waals surface area contributed by atoms with E-state index < -0.39 is 15.4 Å². The number of amides is 1. The Balaban J connectivity index is 1.67. The third-order valence-electron chi connectivity index (χ3n) is 6.58. The molecular weight excluding hydrogens is 486 g/mol. The smallest absolute Gasteiger partial charge is 0.268 e. The first-order chi connectivity index (χ1) is 17.6. The summed E-state index contributed by atoms with van der Waals surface area (Å²) in [7, 11) is -3.98. The maximum atomic E-state index is 13.2. The molecule has 8 heteroatoms. The van der Waals surface area contributed by atoms with E-state index in [-0.39, 0.29) is 21.7 Å². The van der Waals surface area contributed by atoms with Gasteiger partial charge in [-0.2, -0.15) is 0 Å².